The summed E-state index contributed by atoms with van der Waals surface area (Å²) in [7, 11) is 3.55. The highest BCUT2D eigenvalue weighted by molar-refractivity contribution is 5.94. The molecule has 0 fully saturated rings. The molecular weight excluding hydrogens is 400 g/mol. The lowest BCUT2D eigenvalue weighted by molar-refractivity contribution is 0.0827. The first kappa shape index (κ1) is 21.5. The summed E-state index contributed by atoms with van der Waals surface area (Å²) in [4.78, 5) is 18.1. The second kappa shape index (κ2) is 9.60. The molecule has 0 radical (unpaired) electrons. The number of nitrogen functional groups attached to an aromatic ring is 1. The SMILES string of the molecule is CN(C)C(=O)c1cccc(CCCCC(c2ccccc2)c2cc(N)nc3n[nH]nc23)c1. The van der Waals surface area contributed by atoms with Gasteiger partial charge in [0.05, 0.1) is 0 Å². The molecule has 0 aliphatic heterocycles. The Hall–Kier alpha value is -3.74. The second-order valence-corrected chi connectivity index (χ2v) is 8.24. The zero-order valence-corrected chi connectivity index (χ0v) is 18.5. The van der Waals surface area contributed by atoms with Crippen molar-refractivity contribution in [2.75, 3.05) is 19.8 Å². The molecule has 2 heterocycles. The number of nitrogens with zero attached hydrogens (tertiary/aromatic N) is 4. The molecule has 1 amide bonds. The number of hydrogen-bond acceptors (Lipinski definition) is 5. The summed E-state index contributed by atoms with van der Waals surface area (Å²) >= 11 is 0. The van der Waals surface area contributed by atoms with Gasteiger partial charge in [0.1, 0.15) is 11.3 Å². The average molecular weight is 429 g/mol. The van der Waals surface area contributed by atoms with Crippen LogP contribution in [-0.4, -0.2) is 45.3 Å². The summed E-state index contributed by atoms with van der Waals surface area (Å²) < 4.78 is 0. The van der Waals surface area contributed by atoms with Crippen molar-refractivity contribution in [3.63, 3.8) is 0 Å². The zero-order chi connectivity index (χ0) is 22.5. The van der Waals surface area contributed by atoms with E-state index in [1.807, 2.05) is 30.3 Å². The molecular formula is C25H28N6O. The molecule has 1 atom stereocenters. The molecule has 1 unspecified atom stereocenters. The molecule has 4 rings (SSSR count). The quantitative estimate of drug-likeness (QED) is 0.410. The number of hydrogen-bond donors (Lipinski definition) is 2. The molecule has 0 bridgehead atoms. The summed E-state index contributed by atoms with van der Waals surface area (Å²) in [5.74, 6) is 0.628. The molecule has 0 saturated carbocycles. The number of benzene rings is 2. The first-order valence-electron chi connectivity index (χ1n) is 10.9. The number of amides is 1. The van der Waals surface area contributed by atoms with E-state index in [0.717, 1.165) is 42.3 Å². The fourth-order valence-electron chi connectivity index (χ4n) is 4.13. The van der Waals surface area contributed by atoms with Crippen LogP contribution in [0.15, 0.2) is 60.7 Å². The number of carbonyl (C=O) groups is 1. The smallest absolute Gasteiger partial charge is 0.253 e. The molecule has 164 valence electrons. The van der Waals surface area contributed by atoms with Crippen molar-refractivity contribution in [2.24, 2.45) is 0 Å². The standard InChI is InChI=1S/C25H28N6O/c1-31(2)25(32)19-13-8-10-17(15-19)9-6-7-14-20(18-11-4-3-5-12-18)21-16-22(26)27-24-23(21)28-30-29-24/h3-5,8,10-13,15-16,20H,6-7,9,14H2,1-2H3,(H3,26,27,28,29,30). The predicted molar refractivity (Wildman–Crippen MR) is 126 cm³/mol. The van der Waals surface area contributed by atoms with Crippen LogP contribution in [-0.2, 0) is 6.42 Å². The molecule has 3 N–H and O–H groups in total. The number of aromatic nitrogens is 4. The Morgan fingerprint density at radius 3 is 2.62 bits per heavy atom. The number of nitrogens with one attached hydrogen (secondary N) is 1. The van der Waals surface area contributed by atoms with Gasteiger partial charge >= 0.3 is 0 Å². The van der Waals surface area contributed by atoms with Crippen LogP contribution in [0.25, 0.3) is 11.2 Å². The molecule has 4 aromatic rings. The van der Waals surface area contributed by atoms with Crippen molar-refractivity contribution in [1.82, 2.24) is 25.3 Å². The highest BCUT2D eigenvalue weighted by Crippen LogP contribution is 2.34. The first-order chi connectivity index (χ1) is 15.5. The van der Waals surface area contributed by atoms with Crippen molar-refractivity contribution < 1.29 is 4.79 Å². The van der Waals surface area contributed by atoms with Crippen molar-refractivity contribution in [3.8, 4) is 0 Å². The lowest BCUT2D eigenvalue weighted by Crippen LogP contribution is -2.21. The van der Waals surface area contributed by atoms with Gasteiger partial charge in [0.2, 0.25) is 5.65 Å². The maximum atomic E-state index is 12.2. The van der Waals surface area contributed by atoms with E-state index < -0.39 is 0 Å². The number of pyridine rings is 1. The van der Waals surface area contributed by atoms with E-state index in [0.29, 0.717) is 11.5 Å². The van der Waals surface area contributed by atoms with Crippen molar-refractivity contribution in [2.45, 2.75) is 31.6 Å². The third-order valence-corrected chi connectivity index (χ3v) is 5.71. The van der Waals surface area contributed by atoms with Crippen molar-refractivity contribution in [1.29, 1.82) is 0 Å². The average Bonchev–Trinajstić information content (AvgIpc) is 3.27. The molecule has 0 aliphatic rings. The van der Waals surface area contributed by atoms with Crippen LogP contribution in [0.2, 0.25) is 0 Å². The highest BCUT2D eigenvalue weighted by atomic mass is 16.2. The Balaban J connectivity index is 1.50. The van der Waals surface area contributed by atoms with E-state index in [4.69, 9.17) is 5.73 Å². The van der Waals surface area contributed by atoms with Gasteiger partial charge in [0, 0.05) is 25.6 Å². The minimum atomic E-state index is 0.0305. The Kier molecular flexibility index (Phi) is 6.44. The topological polar surface area (TPSA) is 101 Å². The molecule has 32 heavy (non-hydrogen) atoms. The van der Waals surface area contributed by atoms with Crippen LogP contribution >= 0.6 is 0 Å². The molecule has 7 nitrogen and oxygen atoms in total. The number of unbranched alkanes of at least 4 members (excludes halogenated alkanes) is 1. The first-order valence-corrected chi connectivity index (χ1v) is 10.9. The van der Waals surface area contributed by atoms with E-state index in [2.05, 4.69) is 50.7 Å². The van der Waals surface area contributed by atoms with E-state index in [1.165, 1.54) is 11.1 Å². The Labute approximate surface area is 187 Å². The number of fused-ring (bicyclic) bond motifs is 1. The van der Waals surface area contributed by atoms with Gasteiger partial charge in [-0.15, -0.1) is 5.10 Å². The van der Waals surface area contributed by atoms with Crippen molar-refractivity contribution in [3.05, 3.63) is 82.9 Å². The fraction of sp³-hybridized carbons (Fsp3) is 0.280. The van der Waals surface area contributed by atoms with Crippen LogP contribution in [0.4, 0.5) is 5.82 Å². The number of aryl methyl sites for hydroxylation is 1. The number of anilines is 1. The van der Waals surface area contributed by atoms with E-state index in [-0.39, 0.29) is 11.8 Å². The number of aromatic amines is 1. The minimum Gasteiger partial charge on any atom is -0.384 e. The Morgan fingerprint density at radius 1 is 1.03 bits per heavy atom. The third-order valence-electron chi connectivity index (χ3n) is 5.71. The number of H-pyrrole nitrogens is 1. The third kappa shape index (κ3) is 4.77. The van der Waals surface area contributed by atoms with Gasteiger partial charge in [-0.25, -0.2) is 4.98 Å². The van der Waals surface area contributed by atoms with Crippen LogP contribution in [0.3, 0.4) is 0 Å². The van der Waals surface area contributed by atoms with E-state index >= 15 is 0 Å². The van der Waals surface area contributed by atoms with Crippen LogP contribution in [0.5, 0.6) is 0 Å². The second-order valence-electron chi connectivity index (χ2n) is 8.24. The molecule has 0 spiro atoms. The van der Waals surface area contributed by atoms with Gasteiger partial charge in [0.25, 0.3) is 5.91 Å². The summed E-state index contributed by atoms with van der Waals surface area (Å²) in [6.45, 7) is 0. The van der Waals surface area contributed by atoms with E-state index in [1.54, 1.807) is 19.0 Å². The summed E-state index contributed by atoms with van der Waals surface area (Å²) in [6.07, 6.45) is 3.91. The van der Waals surface area contributed by atoms with Gasteiger partial charge in [-0.2, -0.15) is 10.3 Å². The molecule has 2 aromatic heterocycles. The zero-order valence-electron chi connectivity index (χ0n) is 18.5. The van der Waals surface area contributed by atoms with E-state index in [9.17, 15) is 4.79 Å². The van der Waals surface area contributed by atoms with Gasteiger partial charge in [0.15, 0.2) is 0 Å². The van der Waals surface area contributed by atoms with Gasteiger partial charge in [-0.05, 0) is 54.2 Å². The fourth-order valence-corrected chi connectivity index (χ4v) is 4.13. The Morgan fingerprint density at radius 2 is 1.84 bits per heavy atom. The monoisotopic (exact) mass is 428 g/mol. The van der Waals surface area contributed by atoms with Gasteiger partial charge in [-0.1, -0.05) is 48.9 Å². The van der Waals surface area contributed by atoms with Gasteiger partial charge in [-0.3, -0.25) is 4.79 Å². The molecule has 0 saturated heterocycles. The van der Waals surface area contributed by atoms with Gasteiger partial charge < -0.3 is 10.6 Å². The minimum absolute atomic E-state index is 0.0305. The number of carbonyl (C=O) groups excluding carboxylic acids is 1. The molecule has 2 aromatic carbocycles. The maximum absolute atomic E-state index is 12.2. The van der Waals surface area contributed by atoms with Crippen molar-refractivity contribution >= 4 is 22.9 Å². The predicted octanol–water partition coefficient (Wildman–Crippen LogP) is 4.18. The largest absolute Gasteiger partial charge is 0.384 e. The maximum Gasteiger partial charge on any atom is 0.253 e. The van der Waals surface area contributed by atoms with Crippen LogP contribution < -0.4 is 5.73 Å². The number of rotatable bonds is 8. The lowest BCUT2D eigenvalue weighted by atomic mass is 9.86. The number of nitrogens with two attached hydrogens (primary N) is 1. The van der Waals surface area contributed by atoms with Crippen LogP contribution in [0, 0.1) is 0 Å². The summed E-state index contributed by atoms with van der Waals surface area (Å²) in [5.41, 5.74) is 11.6. The highest BCUT2D eigenvalue weighted by Gasteiger charge is 2.20. The lowest BCUT2D eigenvalue weighted by Gasteiger charge is -2.18. The molecule has 7 heteroatoms. The van der Waals surface area contributed by atoms with Crippen LogP contribution in [0.1, 0.15) is 52.2 Å². The Bertz CT molecular complexity index is 1200. The summed E-state index contributed by atoms with van der Waals surface area (Å²) in [6, 6.07) is 20.2. The molecule has 0 aliphatic carbocycles. The normalized spacial score (nSPS) is 12.1. The summed E-state index contributed by atoms with van der Waals surface area (Å²) in [5, 5.41) is 11.1.